The number of sulfonamides is 1. The highest BCUT2D eigenvalue weighted by Gasteiger charge is 2.20. The van der Waals surface area contributed by atoms with Crippen LogP contribution in [0.3, 0.4) is 0 Å². The molecule has 1 aliphatic rings. The van der Waals surface area contributed by atoms with Gasteiger partial charge in [0.1, 0.15) is 0 Å². The molecule has 1 atom stereocenters. The van der Waals surface area contributed by atoms with Gasteiger partial charge in [0.15, 0.2) is 0 Å². The zero-order valence-electron chi connectivity index (χ0n) is 13.0. The number of nitrogens with zero attached hydrogens (tertiary/aromatic N) is 1. The zero-order chi connectivity index (χ0) is 15.3. The van der Waals surface area contributed by atoms with Crippen molar-refractivity contribution in [1.29, 1.82) is 0 Å². The van der Waals surface area contributed by atoms with Crippen LogP contribution in [0.15, 0.2) is 29.2 Å². The van der Waals surface area contributed by atoms with Crippen LogP contribution in [0.25, 0.3) is 0 Å². The highest BCUT2D eigenvalue weighted by atomic mass is 32.2. The van der Waals surface area contributed by atoms with Gasteiger partial charge in [-0.3, -0.25) is 4.90 Å². The average molecular weight is 310 g/mol. The van der Waals surface area contributed by atoms with Gasteiger partial charge < -0.3 is 0 Å². The van der Waals surface area contributed by atoms with E-state index < -0.39 is 10.0 Å². The van der Waals surface area contributed by atoms with Crippen molar-refractivity contribution in [1.82, 2.24) is 9.62 Å². The summed E-state index contributed by atoms with van der Waals surface area (Å²) in [5.41, 5.74) is 1.15. The van der Waals surface area contributed by atoms with Crippen molar-refractivity contribution in [2.24, 2.45) is 0 Å². The summed E-state index contributed by atoms with van der Waals surface area (Å²) in [5, 5.41) is 0. The fourth-order valence-corrected chi connectivity index (χ4v) is 3.83. The number of nitrogens with one attached hydrogen (secondary N) is 1. The summed E-state index contributed by atoms with van der Waals surface area (Å²) in [6, 6.07) is 7.38. The van der Waals surface area contributed by atoms with Crippen LogP contribution in [0.2, 0.25) is 0 Å². The van der Waals surface area contributed by atoms with Crippen molar-refractivity contribution in [3.05, 3.63) is 29.8 Å². The molecule has 1 N–H and O–H groups in total. The first-order valence-electron chi connectivity index (χ1n) is 7.85. The summed E-state index contributed by atoms with van der Waals surface area (Å²) in [6.07, 6.45) is 4.64. The van der Waals surface area contributed by atoms with E-state index in [0.29, 0.717) is 11.4 Å². The molecule has 118 valence electrons. The van der Waals surface area contributed by atoms with Crippen molar-refractivity contribution in [2.45, 2.75) is 50.5 Å². The number of hydrogen-bond donors (Lipinski definition) is 1. The van der Waals surface area contributed by atoms with Crippen molar-refractivity contribution in [3.8, 4) is 0 Å². The molecule has 0 radical (unpaired) electrons. The van der Waals surface area contributed by atoms with Crippen LogP contribution in [-0.2, 0) is 16.4 Å². The number of aryl methyl sites for hydroxylation is 1. The summed E-state index contributed by atoms with van der Waals surface area (Å²) in [5.74, 6) is 0. The van der Waals surface area contributed by atoms with E-state index in [1.54, 1.807) is 12.1 Å². The largest absolute Gasteiger partial charge is 0.299 e. The summed E-state index contributed by atoms with van der Waals surface area (Å²) in [6.45, 7) is 6.77. The maximum atomic E-state index is 12.3. The molecule has 1 aromatic rings. The highest BCUT2D eigenvalue weighted by Crippen LogP contribution is 2.13. The van der Waals surface area contributed by atoms with Gasteiger partial charge in [0, 0.05) is 12.6 Å². The molecule has 0 aromatic heterocycles. The molecule has 5 heteroatoms. The fourth-order valence-electron chi connectivity index (χ4n) is 2.71. The second-order valence-corrected chi connectivity index (χ2v) is 7.56. The minimum Gasteiger partial charge on any atom is -0.299 e. The Kier molecular flexibility index (Phi) is 5.79. The molecule has 1 aromatic carbocycles. The minimum absolute atomic E-state index is 0.245. The van der Waals surface area contributed by atoms with Gasteiger partial charge in [0.2, 0.25) is 10.0 Å². The number of benzene rings is 1. The second-order valence-electron chi connectivity index (χ2n) is 5.80. The third kappa shape index (κ3) is 4.53. The Labute approximate surface area is 128 Å². The lowest BCUT2D eigenvalue weighted by atomic mass is 10.1. The van der Waals surface area contributed by atoms with E-state index in [-0.39, 0.29) is 6.04 Å². The average Bonchev–Trinajstić information content (AvgIpc) is 2.53. The minimum atomic E-state index is -3.40. The Balaban J connectivity index is 1.93. The Morgan fingerprint density at radius 3 is 2.33 bits per heavy atom. The van der Waals surface area contributed by atoms with Gasteiger partial charge in [-0.15, -0.1) is 0 Å². The van der Waals surface area contributed by atoms with Crippen molar-refractivity contribution < 1.29 is 8.42 Å². The van der Waals surface area contributed by atoms with Gasteiger partial charge in [-0.05, 0) is 57.0 Å². The Morgan fingerprint density at radius 1 is 1.14 bits per heavy atom. The summed E-state index contributed by atoms with van der Waals surface area (Å²) >= 11 is 0. The van der Waals surface area contributed by atoms with E-state index in [1.165, 1.54) is 19.3 Å². The first-order valence-corrected chi connectivity index (χ1v) is 9.34. The lowest BCUT2D eigenvalue weighted by molar-refractivity contribution is 0.175. The van der Waals surface area contributed by atoms with Crippen LogP contribution in [0, 0.1) is 0 Å². The Morgan fingerprint density at radius 2 is 1.76 bits per heavy atom. The summed E-state index contributed by atoms with van der Waals surface area (Å²) in [7, 11) is -3.40. The lowest BCUT2D eigenvalue weighted by Gasteiger charge is -2.32. The normalized spacial score (nSPS) is 18.6. The molecule has 1 fully saturated rings. The van der Waals surface area contributed by atoms with Gasteiger partial charge in [-0.25, -0.2) is 13.1 Å². The number of likely N-dealkylation sites (tertiary alicyclic amines) is 1. The standard InChI is InChI=1S/C16H26N2O2S/c1-3-15-7-9-16(10-8-15)21(19,20)17-13-14(2)18-11-5-4-6-12-18/h7-10,14,17H,3-6,11-13H2,1-2H3. The molecule has 1 heterocycles. The molecule has 1 saturated heterocycles. The number of rotatable bonds is 6. The van der Waals surface area contributed by atoms with Crippen LogP contribution in [-0.4, -0.2) is 39.0 Å². The number of piperidine rings is 1. The molecular weight excluding hydrogens is 284 g/mol. The van der Waals surface area contributed by atoms with Crippen LogP contribution in [0.5, 0.6) is 0 Å². The maximum Gasteiger partial charge on any atom is 0.240 e. The summed E-state index contributed by atoms with van der Waals surface area (Å²) < 4.78 is 27.3. The van der Waals surface area contributed by atoms with Gasteiger partial charge in [-0.2, -0.15) is 0 Å². The molecule has 0 bridgehead atoms. The van der Waals surface area contributed by atoms with Gasteiger partial charge in [-0.1, -0.05) is 25.5 Å². The van der Waals surface area contributed by atoms with Crippen LogP contribution in [0.1, 0.15) is 38.7 Å². The van der Waals surface area contributed by atoms with E-state index in [4.69, 9.17) is 0 Å². The van der Waals surface area contributed by atoms with E-state index in [1.807, 2.05) is 12.1 Å². The van der Waals surface area contributed by atoms with Crippen LogP contribution < -0.4 is 4.72 Å². The Hall–Kier alpha value is -0.910. The van der Waals surface area contributed by atoms with E-state index in [9.17, 15) is 8.42 Å². The van der Waals surface area contributed by atoms with Gasteiger partial charge in [0.05, 0.1) is 4.90 Å². The third-order valence-electron chi connectivity index (χ3n) is 4.22. The predicted molar refractivity (Wildman–Crippen MR) is 85.9 cm³/mol. The summed E-state index contributed by atoms with van der Waals surface area (Å²) in [4.78, 5) is 2.72. The highest BCUT2D eigenvalue weighted by molar-refractivity contribution is 7.89. The van der Waals surface area contributed by atoms with E-state index >= 15 is 0 Å². The zero-order valence-corrected chi connectivity index (χ0v) is 13.8. The van der Waals surface area contributed by atoms with Crippen molar-refractivity contribution in [2.75, 3.05) is 19.6 Å². The lowest BCUT2D eigenvalue weighted by Crippen LogP contribution is -2.44. The van der Waals surface area contributed by atoms with Gasteiger partial charge >= 0.3 is 0 Å². The third-order valence-corrected chi connectivity index (χ3v) is 5.66. The smallest absolute Gasteiger partial charge is 0.240 e. The molecule has 4 nitrogen and oxygen atoms in total. The molecule has 21 heavy (non-hydrogen) atoms. The quantitative estimate of drug-likeness (QED) is 0.878. The first kappa shape index (κ1) is 16.5. The molecule has 0 aliphatic carbocycles. The number of hydrogen-bond acceptors (Lipinski definition) is 3. The van der Waals surface area contributed by atoms with Crippen molar-refractivity contribution >= 4 is 10.0 Å². The molecular formula is C16H26N2O2S. The second kappa shape index (κ2) is 7.38. The molecule has 1 aliphatic heterocycles. The first-order chi connectivity index (χ1) is 10.0. The molecule has 0 saturated carbocycles. The van der Waals surface area contributed by atoms with Crippen molar-refractivity contribution in [3.63, 3.8) is 0 Å². The SMILES string of the molecule is CCc1ccc(S(=O)(=O)NCC(C)N2CCCCC2)cc1. The Bertz CT molecular complexity index is 534. The molecule has 0 amide bonds. The maximum absolute atomic E-state index is 12.3. The van der Waals surface area contributed by atoms with E-state index in [2.05, 4.69) is 23.5 Å². The molecule has 2 rings (SSSR count). The molecule has 1 unspecified atom stereocenters. The van der Waals surface area contributed by atoms with Gasteiger partial charge in [0.25, 0.3) is 0 Å². The monoisotopic (exact) mass is 310 g/mol. The fraction of sp³-hybridized carbons (Fsp3) is 0.625. The van der Waals surface area contributed by atoms with Crippen LogP contribution >= 0.6 is 0 Å². The predicted octanol–water partition coefficient (Wildman–Crippen LogP) is 2.40. The van der Waals surface area contributed by atoms with E-state index in [0.717, 1.165) is 25.1 Å². The molecule has 0 spiro atoms. The van der Waals surface area contributed by atoms with Crippen LogP contribution in [0.4, 0.5) is 0 Å². The topological polar surface area (TPSA) is 49.4 Å².